The molecule has 0 bridgehead atoms. The average Bonchev–Trinajstić information content (AvgIpc) is 3.33. The van der Waals surface area contributed by atoms with Gasteiger partial charge in [0.15, 0.2) is 10.6 Å². The van der Waals surface area contributed by atoms with Crippen LogP contribution in [0.3, 0.4) is 0 Å². The molecule has 4 aromatic rings. The lowest BCUT2D eigenvalue weighted by molar-refractivity contribution is 0.0987. The number of aromatic nitrogens is 1. The summed E-state index contributed by atoms with van der Waals surface area (Å²) in [5.74, 6) is -0.528. The Kier molecular flexibility index (Phi) is 4.67. The first kappa shape index (κ1) is 17.9. The quantitative estimate of drug-likeness (QED) is 0.570. The summed E-state index contributed by atoms with van der Waals surface area (Å²) in [7, 11) is 1.88. The fourth-order valence-corrected chi connectivity index (χ4v) is 3.84. The van der Waals surface area contributed by atoms with Crippen LogP contribution in [0.1, 0.15) is 26.5 Å². The van der Waals surface area contributed by atoms with Crippen LogP contribution in [0, 0.1) is 6.92 Å². The third-order valence-corrected chi connectivity index (χ3v) is 5.50. The van der Waals surface area contributed by atoms with Crippen molar-refractivity contribution in [3.63, 3.8) is 0 Å². The number of benzene rings is 2. The average molecular weight is 391 g/mol. The van der Waals surface area contributed by atoms with Gasteiger partial charge in [0.2, 0.25) is 0 Å². The number of nitrogens with one attached hydrogen (secondary N) is 1. The molecule has 0 aliphatic rings. The molecule has 0 saturated carbocycles. The van der Waals surface area contributed by atoms with Gasteiger partial charge in [-0.2, -0.15) is 4.99 Å². The number of aryl methyl sites for hydroxylation is 2. The van der Waals surface area contributed by atoms with E-state index in [1.807, 2.05) is 42.8 Å². The van der Waals surface area contributed by atoms with E-state index in [0.29, 0.717) is 16.1 Å². The van der Waals surface area contributed by atoms with E-state index in [0.717, 1.165) is 15.8 Å². The molecule has 0 atom stereocenters. The van der Waals surface area contributed by atoms with Crippen molar-refractivity contribution in [3.05, 3.63) is 82.5 Å². The van der Waals surface area contributed by atoms with Gasteiger partial charge in [0.1, 0.15) is 0 Å². The Morgan fingerprint density at radius 1 is 1.11 bits per heavy atom. The summed E-state index contributed by atoms with van der Waals surface area (Å²) >= 11 is 1.46. The number of rotatable bonds is 3. The van der Waals surface area contributed by atoms with E-state index < -0.39 is 0 Å². The lowest BCUT2D eigenvalue weighted by Crippen LogP contribution is -2.14. The van der Waals surface area contributed by atoms with Gasteiger partial charge in [-0.3, -0.25) is 9.59 Å². The lowest BCUT2D eigenvalue weighted by Gasteiger charge is -2.08. The van der Waals surface area contributed by atoms with Crippen molar-refractivity contribution in [2.24, 2.45) is 12.0 Å². The normalized spacial score (nSPS) is 11.7. The minimum Gasteiger partial charge on any atom is -0.459 e. The molecule has 140 valence electrons. The summed E-state index contributed by atoms with van der Waals surface area (Å²) in [6.45, 7) is 1.86. The Balaban J connectivity index is 1.66. The van der Waals surface area contributed by atoms with Gasteiger partial charge in [-0.25, -0.2) is 0 Å². The Bertz CT molecular complexity index is 1250. The van der Waals surface area contributed by atoms with Gasteiger partial charge < -0.3 is 14.3 Å². The fourth-order valence-electron chi connectivity index (χ4n) is 2.82. The minimum absolute atomic E-state index is 0.207. The first-order chi connectivity index (χ1) is 13.5. The molecule has 2 aromatic heterocycles. The first-order valence-corrected chi connectivity index (χ1v) is 9.44. The van der Waals surface area contributed by atoms with Crippen molar-refractivity contribution >= 4 is 39.1 Å². The van der Waals surface area contributed by atoms with E-state index in [1.165, 1.54) is 17.6 Å². The van der Waals surface area contributed by atoms with E-state index >= 15 is 0 Å². The second kappa shape index (κ2) is 7.28. The molecule has 0 radical (unpaired) electrons. The standard InChI is InChI=1S/C21H17N3O3S/c1-13-9-10-14(12-15(13)22-20(26)17-7-5-11-27-17)19(25)23-21-24(2)16-6-3-4-8-18(16)28-21/h3-12H,1-2H3,(H,22,26). The zero-order valence-corrected chi connectivity index (χ0v) is 16.1. The molecule has 0 aliphatic heterocycles. The molecule has 2 amide bonds. The first-order valence-electron chi connectivity index (χ1n) is 8.62. The molecular formula is C21H17N3O3S. The van der Waals surface area contributed by atoms with Crippen molar-refractivity contribution < 1.29 is 14.0 Å². The number of anilines is 1. The van der Waals surface area contributed by atoms with Gasteiger partial charge in [-0.05, 0) is 48.9 Å². The van der Waals surface area contributed by atoms with Crippen LogP contribution in [-0.4, -0.2) is 16.4 Å². The molecule has 2 heterocycles. The summed E-state index contributed by atoms with van der Waals surface area (Å²) < 4.78 is 8.06. The van der Waals surface area contributed by atoms with Crippen molar-refractivity contribution in [1.29, 1.82) is 0 Å². The number of hydrogen-bond donors (Lipinski definition) is 1. The van der Waals surface area contributed by atoms with Crippen LogP contribution in [0.15, 0.2) is 70.3 Å². The third kappa shape index (κ3) is 3.39. The van der Waals surface area contributed by atoms with E-state index in [-0.39, 0.29) is 17.6 Å². The SMILES string of the molecule is Cc1ccc(C(=O)N=c2sc3ccccc3n2C)cc1NC(=O)c1ccco1. The van der Waals surface area contributed by atoms with Crippen molar-refractivity contribution in [2.75, 3.05) is 5.32 Å². The van der Waals surface area contributed by atoms with Gasteiger partial charge in [-0.15, -0.1) is 0 Å². The number of para-hydroxylation sites is 1. The molecule has 6 nitrogen and oxygen atoms in total. The van der Waals surface area contributed by atoms with Crippen LogP contribution >= 0.6 is 11.3 Å². The monoisotopic (exact) mass is 391 g/mol. The number of amides is 2. The number of carbonyl (C=O) groups excluding carboxylic acids is 2. The molecule has 0 saturated heterocycles. The maximum Gasteiger partial charge on any atom is 0.291 e. The third-order valence-electron chi connectivity index (χ3n) is 4.39. The van der Waals surface area contributed by atoms with Crippen molar-refractivity contribution in [1.82, 2.24) is 4.57 Å². The second-order valence-electron chi connectivity index (χ2n) is 6.29. The Morgan fingerprint density at radius 2 is 1.93 bits per heavy atom. The highest BCUT2D eigenvalue weighted by Crippen LogP contribution is 2.19. The van der Waals surface area contributed by atoms with Gasteiger partial charge in [0, 0.05) is 18.3 Å². The number of carbonyl (C=O) groups is 2. The summed E-state index contributed by atoms with van der Waals surface area (Å²) in [5.41, 5.74) is 2.80. The number of thiazole rings is 1. The number of furan rings is 1. The minimum atomic E-state index is -0.370. The number of nitrogens with zero attached hydrogens (tertiary/aromatic N) is 2. The zero-order valence-electron chi connectivity index (χ0n) is 15.3. The summed E-state index contributed by atoms with van der Waals surface area (Å²) in [6.07, 6.45) is 1.44. The highest BCUT2D eigenvalue weighted by Gasteiger charge is 2.13. The second-order valence-corrected chi connectivity index (χ2v) is 7.30. The van der Waals surface area contributed by atoms with E-state index in [9.17, 15) is 9.59 Å². The van der Waals surface area contributed by atoms with Gasteiger partial charge >= 0.3 is 0 Å². The highest BCUT2D eigenvalue weighted by atomic mass is 32.1. The van der Waals surface area contributed by atoms with E-state index in [1.54, 1.807) is 30.3 Å². The van der Waals surface area contributed by atoms with Crippen LogP contribution in [-0.2, 0) is 7.05 Å². The molecule has 2 aromatic carbocycles. The van der Waals surface area contributed by atoms with Crippen LogP contribution in [0.25, 0.3) is 10.2 Å². The van der Waals surface area contributed by atoms with E-state index in [2.05, 4.69) is 10.3 Å². The predicted octanol–water partition coefficient (Wildman–Crippen LogP) is 4.13. The lowest BCUT2D eigenvalue weighted by atomic mass is 10.1. The molecule has 0 unspecified atom stereocenters. The largest absolute Gasteiger partial charge is 0.459 e. The molecule has 28 heavy (non-hydrogen) atoms. The van der Waals surface area contributed by atoms with Crippen molar-refractivity contribution in [3.8, 4) is 0 Å². The highest BCUT2D eigenvalue weighted by molar-refractivity contribution is 7.16. The molecular weight excluding hydrogens is 374 g/mol. The maximum absolute atomic E-state index is 12.7. The van der Waals surface area contributed by atoms with Crippen LogP contribution in [0.5, 0.6) is 0 Å². The summed E-state index contributed by atoms with van der Waals surface area (Å²) in [5, 5.41) is 2.78. The summed E-state index contributed by atoms with van der Waals surface area (Å²) in [6, 6.07) is 16.2. The topological polar surface area (TPSA) is 76.6 Å². The molecule has 4 rings (SSSR count). The number of hydrogen-bond acceptors (Lipinski definition) is 4. The van der Waals surface area contributed by atoms with Gasteiger partial charge in [-0.1, -0.05) is 29.5 Å². The molecule has 7 heteroatoms. The maximum atomic E-state index is 12.7. The Morgan fingerprint density at radius 3 is 2.68 bits per heavy atom. The number of fused-ring (bicyclic) bond motifs is 1. The molecule has 0 spiro atoms. The van der Waals surface area contributed by atoms with Crippen LogP contribution in [0.2, 0.25) is 0 Å². The smallest absolute Gasteiger partial charge is 0.291 e. The zero-order chi connectivity index (χ0) is 19.7. The molecule has 0 aliphatic carbocycles. The van der Waals surface area contributed by atoms with Crippen LogP contribution in [0.4, 0.5) is 5.69 Å². The van der Waals surface area contributed by atoms with Crippen LogP contribution < -0.4 is 10.1 Å². The van der Waals surface area contributed by atoms with Crippen molar-refractivity contribution in [2.45, 2.75) is 6.92 Å². The van der Waals surface area contributed by atoms with Gasteiger partial charge in [0.05, 0.1) is 16.5 Å². The van der Waals surface area contributed by atoms with Gasteiger partial charge in [0.25, 0.3) is 11.8 Å². The molecule has 0 fully saturated rings. The van der Waals surface area contributed by atoms with E-state index in [4.69, 9.17) is 4.42 Å². The predicted molar refractivity (Wildman–Crippen MR) is 109 cm³/mol. The fraction of sp³-hybridized carbons (Fsp3) is 0.0952. The Hall–Kier alpha value is -3.45. The molecule has 1 N–H and O–H groups in total. The Labute approximate surface area is 164 Å². The summed E-state index contributed by atoms with van der Waals surface area (Å²) in [4.78, 5) is 29.8.